The molecule has 31 heavy (non-hydrogen) atoms. The van der Waals surface area contributed by atoms with E-state index in [0.717, 1.165) is 4.42 Å². The molecule has 3 atom stereocenters. The van der Waals surface area contributed by atoms with Gasteiger partial charge in [-0.05, 0) is 17.7 Å². The topological polar surface area (TPSA) is 61.9 Å². The highest BCUT2D eigenvalue weighted by molar-refractivity contribution is 6.41. The van der Waals surface area contributed by atoms with Gasteiger partial charge in [0.1, 0.15) is 11.2 Å². The highest BCUT2D eigenvalue weighted by atomic mass is 35.5. The summed E-state index contributed by atoms with van der Waals surface area (Å²) in [5.41, 5.74) is -0.988. The maximum absolute atomic E-state index is 15.6. The fourth-order valence-corrected chi connectivity index (χ4v) is 4.99. The zero-order valence-electron chi connectivity index (χ0n) is 17.2. The Labute approximate surface area is 183 Å². The maximum Gasteiger partial charge on any atom is 0.266 e. The van der Waals surface area contributed by atoms with Crippen molar-refractivity contribution in [3.05, 3.63) is 59.7 Å². The van der Waals surface area contributed by atoms with E-state index in [1.807, 2.05) is 0 Å². The van der Waals surface area contributed by atoms with E-state index in [0.29, 0.717) is 11.3 Å². The molecule has 0 bridgehead atoms. The van der Waals surface area contributed by atoms with Crippen LogP contribution in [0.25, 0.3) is 0 Å². The molecule has 9 heteroatoms. The van der Waals surface area contributed by atoms with E-state index in [-0.39, 0.29) is 11.3 Å². The number of hydrogen-bond acceptors (Lipinski definition) is 4. The van der Waals surface area contributed by atoms with Crippen LogP contribution in [-0.4, -0.2) is 55.9 Å². The van der Waals surface area contributed by atoms with Gasteiger partial charge in [-0.25, -0.2) is 13.2 Å². The van der Waals surface area contributed by atoms with E-state index < -0.39 is 41.7 Å². The Morgan fingerprint density at radius 2 is 1.77 bits per heavy atom. The summed E-state index contributed by atoms with van der Waals surface area (Å²) in [6.07, 6.45) is -0.733. The highest BCUT2D eigenvalue weighted by Crippen LogP contribution is 2.56. The van der Waals surface area contributed by atoms with E-state index in [1.165, 1.54) is 26.1 Å². The first-order chi connectivity index (χ1) is 14.7. The maximum atomic E-state index is 15.6. The molecule has 0 radical (unpaired) electrons. The minimum atomic E-state index is -3.39. The highest BCUT2D eigenvalue weighted by Gasteiger charge is 2.68. The summed E-state index contributed by atoms with van der Waals surface area (Å²) >= 11 is 6.34. The Morgan fingerprint density at radius 3 is 2.42 bits per heavy atom. The van der Waals surface area contributed by atoms with Crippen molar-refractivity contribution < 1.29 is 23.1 Å². The van der Waals surface area contributed by atoms with Crippen LogP contribution in [-0.2, 0) is 15.0 Å². The molecule has 2 aliphatic heterocycles. The van der Waals surface area contributed by atoms with E-state index >= 15 is 8.78 Å². The van der Waals surface area contributed by atoms with Gasteiger partial charge in [-0.15, -0.1) is 0 Å². The van der Waals surface area contributed by atoms with E-state index in [4.69, 9.17) is 16.5 Å². The number of benzene rings is 2. The van der Waals surface area contributed by atoms with E-state index in [2.05, 4.69) is 5.32 Å². The molecular formula is C22H22ClF2N3O3. The van der Waals surface area contributed by atoms with Crippen LogP contribution in [0.3, 0.4) is 0 Å². The number of anilines is 1. The van der Waals surface area contributed by atoms with Crippen molar-refractivity contribution in [2.75, 3.05) is 25.6 Å². The molecule has 4 rings (SSSR count). The molecule has 2 aromatic carbocycles. The summed E-state index contributed by atoms with van der Waals surface area (Å²) in [7, 11) is 4.42. The number of carbonyl (C=O) groups excluding carboxylic acids is 2. The Kier molecular flexibility index (Phi) is 5.18. The third-order valence-electron chi connectivity index (χ3n) is 6.03. The average molecular weight is 450 g/mol. The van der Waals surface area contributed by atoms with Crippen molar-refractivity contribution in [3.63, 3.8) is 0 Å². The zero-order valence-corrected chi connectivity index (χ0v) is 18.0. The van der Waals surface area contributed by atoms with Gasteiger partial charge in [0.25, 0.3) is 11.8 Å². The van der Waals surface area contributed by atoms with Gasteiger partial charge >= 0.3 is 0 Å². The van der Waals surface area contributed by atoms with E-state index in [1.54, 1.807) is 48.5 Å². The first-order valence-corrected chi connectivity index (χ1v) is 10.1. The number of carbonyl (C=O) groups is 2. The molecule has 164 valence electrons. The summed E-state index contributed by atoms with van der Waals surface area (Å²) < 4.78 is 37.6. The number of nitrogens with one attached hydrogen (secondary N) is 1. The van der Waals surface area contributed by atoms with Crippen molar-refractivity contribution >= 4 is 29.3 Å². The van der Waals surface area contributed by atoms with Crippen molar-refractivity contribution in [1.82, 2.24) is 10.2 Å². The predicted octanol–water partition coefficient (Wildman–Crippen LogP) is 2.94. The van der Waals surface area contributed by atoms with E-state index in [9.17, 15) is 9.59 Å². The Morgan fingerprint density at radius 1 is 1.16 bits per heavy atom. The van der Waals surface area contributed by atoms with Gasteiger partial charge in [0.2, 0.25) is 5.91 Å². The van der Waals surface area contributed by atoms with Gasteiger partial charge in [-0.3, -0.25) is 14.9 Å². The number of amides is 2. The second-order valence-electron chi connectivity index (χ2n) is 7.96. The van der Waals surface area contributed by atoms with Gasteiger partial charge in [0.15, 0.2) is 0 Å². The van der Waals surface area contributed by atoms with Crippen LogP contribution >= 0.6 is 11.8 Å². The molecule has 2 aliphatic rings. The normalized spacial score (nSPS) is 26.6. The van der Waals surface area contributed by atoms with Crippen LogP contribution in [0.15, 0.2) is 48.5 Å². The lowest BCUT2D eigenvalue weighted by atomic mass is 9.68. The number of methoxy groups -OCH3 is 1. The number of ether oxygens (including phenoxy) is 1. The van der Waals surface area contributed by atoms with Crippen molar-refractivity contribution in [1.29, 1.82) is 0 Å². The van der Waals surface area contributed by atoms with Gasteiger partial charge in [0, 0.05) is 37.9 Å². The minimum Gasteiger partial charge on any atom is -0.496 e. The van der Waals surface area contributed by atoms with Crippen LogP contribution in [0, 0.1) is 0 Å². The molecule has 2 aromatic rings. The second-order valence-corrected chi connectivity index (χ2v) is 8.30. The summed E-state index contributed by atoms with van der Waals surface area (Å²) in [5, 5.41) is 2.78. The molecule has 1 fully saturated rings. The smallest absolute Gasteiger partial charge is 0.266 e. The largest absolute Gasteiger partial charge is 0.496 e. The molecular weight excluding hydrogens is 428 g/mol. The minimum absolute atomic E-state index is 0.258. The second kappa shape index (κ2) is 7.46. The number of halogens is 3. The number of para-hydroxylation sites is 2. The fourth-order valence-electron chi connectivity index (χ4n) is 4.71. The van der Waals surface area contributed by atoms with Crippen LogP contribution < -0.4 is 14.5 Å². The van der Waals surface area contributed by atoms with Crippen molar-refractivity contribution in [2.45, 2.75) is 29.8 Å². The SMILES string of the molecule is COc1ccccc1C1(C2N[C@H](C(=O)N(C)C)CC2(F)F)C(=O)N(Cl)c2ccccc21. The molecule has 0 aromatic heterocycles. The summed E-state index contributed by atoms with van der Waals surface area (Å²) in [6.45, 7) is 0. The molecule has 1 saturated heterocycles. The molecule has 0 saturated carbocycles. The van der Waals surface area contributed by atoms with Crippen LogP contribution in [0.2, 0.25) is 0 Å². The zero-order chi connectivity index (χ0) is 22.6. The molecule has 1 N–H and O–H groups in total. The molecule has 2 amide bonds. The monoisotopic (exact) mass is 449 g/mol. The Balaban J connectivity index is 2.00. The Bertz CT molecular complexity index is 1050. The van der Waals surface area contributed by atoms with Gasteiger partial charge in [0.05, 0.1) is 24.9 Å². The Hall–Kier alpha value is -2.71. The van der Waals surface area contributed by atoms with Crippen LogP contribution in [0.1, 0.15) is 17.5 Å². The third-order valence-corrected chi connectivity index (χ3v) is 6.36. The standard InChI is InChI=1S/C22H22ClF2N3O3/c1-27(2)18(29)15-12-21(24,25)19(26-15)22(14-9-5-7-11-17(14)31-3)13-8-4-6-10-16(13)28(23)20(22)30/h4-11,15,19,26H,12H2,1-3H3/t15-,19?,22?/m0/s1. The van der Waals surface area contributed by atoms with Gasteiger partial charge in [-0.1, -0.05) is 36.4 Å². The summed E-state index contributed by atoms with van der Waals surface area (Å²) in [4.78, 5) is 27.5. The summed E-state index contributed by atoms with van der Waals surface area (Å²) in [6, 6.07) is 10.2. The fraction of sp³-hybridized carbons (Fsp3) is 0.364. The number of likely N-dealkylation sites (N-methyl/N-ethyl adjacent to an activating group) is 1. The average Bonchev–Trinajstić information content (AvgIpc) is 3.19. The predicted molar refractivity (Wildman–Crippen MR) is 113 cm³/mol. The first kappa shape index (κ1) is 21.5. The lowest BCUT2D eigenvalue weighted by Gasteiger charge is -2.38. The van der Waals surface area contributed by atoms with Crippen LogP contribution in [0.4, 0.5) is 14.5 Å². The number of alkyl halides is 2. The quantitative estimate of drug-likeness (QED) is 0.729. The molecule has 2 unspecified atom stereocenters. The summed E-state index contributed by atoms with van der Waals surface area (Å²) in [5.74, 6) is -4.33. The lowest BCUT2D eigenvalue weighted by molar-refractivity contribution is -0.131. The lowest BCUT2D eigenvalue weighted by Crippen LogP contribution is -2.59. The molecule has 6 nitrogen and oxygen atoms in total. The van der Waals surface area contributed by atoms with Crippen LogP contribution in [0.5, 0.6) is 5.75 Å². The number of rotatable bonds is 4. The number of fused-ring (bicyclic) bond motifs is 1. The van der Waals surface area contributed by atoms with Gasteiger partial charge < -0.3 is 9.64 Å². The third kappa shape index (κ3) is 3.00. The first-order valence-electron chi connectivity index (χ1n) is 9.74. The number of nitrogens with zero attached hydrogens (tertiary/aromatic N) is 2. The molecule has 0 aliphatic carbocycles. The van der Waals surface area contributed by atoms with Gasteiger partial charge in [-0.2, -0.15) is 0 Å². The number of hydrogen-bond donors (Lipinski definition) is 1. The van der Waals surface area contributed by atoms with Crippen molar-refractivity contribution in [2.24, 2.45) is 0 Å². The van der Waals surface area contributed by atoms with Crippen molar-refractivity contribution in [3.8, 4) is 5.75 Å². The molecule has 0 spiro atoms. The molecule has 2 heterocycles.